The summed E-state index contributed by atoms with van der Waals surface area (Å²) >= 11 is 0. The Morgan fingerprint density at radius 2 is 2.00 bits per heavy atom. The second kappa shape index (κ2) is 6.73. The number of aromatic nitrogens is 2. The topological polar surface area (TPSA) is 99.8 Å². The molecule has 0 N–H and O–H groups in total. The molecular formula is C19H21N3O5S. The van der Waals surface area contributed by atoms with Gasteiger partial charge in [0, 0.05) is 23.8 Å². The molecule has 0 amide bonds. The van der Waals surface area contributed by atoms with Crippen LogP contribution in [-0.4, -0.2) is 43.9 Å². The lowest BCUT2D eigenvalue weighted by Crippen LogP contribution is -2.23. The molecule has 1 aliphatic heterocycles. The smallest absolute Gasteiger partial charge is 0.309 e. The highest BCUT2D eigenvalue weighted by molar-refractivity contribution is 7.90. The van der Waals surface area contributed by atoms with E-state index in [-0.39, 0.29) is 22.2 Å². The van der Waals surface area contributed by atoms with Crippen LogP contribution in [0.15, 0.2) is 33.2 Å². The Morgan fingerprint density at radius 1 is 1.25 bits per heavy atom. The first kappa shape index (κ1) is 18.7. The molecule has 0 radical (unpaired) electrons. The Morgan fingerprint density at radius 3 is 2.57 bits per heavy atom. The van der Waals surface area contributed by atoms with E-state index in [9.17, 15) is 13.2 Å². The van der Waals surface area contributed by atoms with Crippen molar-refractivity contribution in [3.8, 4) is 16.9 Å². The second-order valence-corrected chi connectivity index (χ2v) is 9.06. The largest absolute Gasteiger partial charge is 0.491 e. The summed E-state index contributed by atoms with van der Waals surface area (Å²) in [5.74, 6) is 0.202. The van der Waals surface area contributed by atoms with Crippen LogP contribution >= 0.6 is 0 Å². The van der Waals surface area contributed by atoms with Crippen molar-refractivity contribution in [2.24, 2.45) is 5.16 Å². The van der Waals surface area contributed by atoms with E-state index >= 15 is 0 Å². The third-order valence-electron chi connectivity index (χ3n) is 5.06. The summed E-state index contributed by atoms with van der Waals surface area (Å²) in [6.45, 7) is 2.22. The average molecular weight is 403 g/mol. The van der Waals surface area contributed by atoms with Crippen molar-refractivity contribution in [3.05, 3.63) is 39.8 Å². The number of benzene rings is 1. The van der Waals surface area contributed by atoms with Crippen LogP contribution in [0, 0.1) is 6.92 Å². The molecule has 0 atom stereocenters. The van der Waals surface area contributed by atoms with E-state index < -0.39 is 9.84 Å². The molecule has 2 aliphatic rings. The monoisotopic (exact) mass is 403 g/mol. The van der Waals surface area contributed by atoms with Gasteiger partial charge < -0.3 is 9.57 Å². The fourth-order valence-corrected chi connectivity index (χ4v) is 4.50. The summed E-state index contributed by atoms with van der Waals surface area (Å²) in [6.07, 6.45) is 5.16. The zero-order valence-electron chi connectivity index (χ0n) is 15.9. The van der Waals surface area contributed by atoms with Gasteiger partial charge in [0.25, 0.3) is 0 Å². The molecule has 1 saturated carbocycles. The summed E-state index contributed by atoms with van der Waals surface area (Å²) in [5, 5.41) is 8.34. The lowest BCUT2D eigenvalue weighted by molar-refractivity contribution is 0.174. The molecule has 4 rings (SSSR count). The van der Waals surface area contributed by atoms with Crippen LogP contribution in [0.4, 0.5) is 0 Å². The Labute approximate surface area is 162 Å². The predicted molar refractivity (Wildman–Crippen MR) is 104 cm³/mol. The van der Waals surface area contributed by atoms with Gasteiger partial charge in [-0.1, -0.05) is 11.2 Å². The zero-order valence-corrected chi connectivity index (χ0v) is 16.7. The fourth-order valence-electron chi connectivity index (χ4n) is 3.55. The number of hydrogen-bond donors (Lipinski definition) is 0. The number of ether oxygens (including phenoxy) is 1. The minimum absolute atomic E-state index is 0.129. The Kier molecular flexibility index (Phi) is 4.49. The fraction of sp³-hybridized carbons (Fsp3) is 0.421. The third kappa shape index (κ3) is 3.09. The molecule has 2 aromatic rings. The highest BCUT2D eigenvalue weighted by Crippen LogP contribution is 2.37. The number of rotatable bonds is 5. The number of oxime groups is 1. The van der Waals surface area contributed by atoms with E-state index in [0.717, 1.165) is 12.8 Å². The molecule has 28 heavy (non-hydrogen) atoms. The van der Waals surface area contributed by atoms with Crippen molar-refractivity contribution in [2.45, 2.75) is 37.1 Å². The van der Waals surface area contributed by atoms with E-state index in [1.165, 1.54) is 18.0 Å². The van der Waals surface area contributed by atoms with Crippen LogP contribution < -0.4 is 10.3 Å². The normalized spacial score (nSPS) is 16.6. The molecule has 0 bridgehead atoms. The second-order valence-electron chi connectivity index (χ2n) is 7.08. The van der Waals surface area contributed by atoms with Crippen molar-refractivity contribution in [1.82, 2.24) is 9.78 Å². The first-order chi connectivity index (χ1) is 13.3. The summed E-state index contributed by atoms with van der Waals surface area (Å²) in [6, 6.07) is 3.36. The van der Waals surface area contributed by atoms with Gasteiger partial charge in [-0.25, -0.2) is 13.1 Å². The van der Waals surface area contributed by atoms with Gasteiger partial charge in [0.15, 0.2) is 15.6 Å². The molecule has 0 unspecified atom stereocenters. The van der Waals surface area contributed by atoms with E-state index in [1.807, 2.05) is 6.92 Å². The van der Waals surface area contributed by atoms with E-state index in [1.54, 1.807) is 18.3 Å². The SMILES string of the molecule is COc1c(-c2ccc(S(C)(=O)=O)c(C3=NOCC3)c2C)cnn(C2CC2)c1=O. The molecule has 8 nitrogen and oxygen atoms in total. The van der Waals surface area contributed by atoms with Crippen LogP contribution in [0.2, 0.25) is 0 Å². The number of methoxy groups -OCH3 is 1. The number of hydrogen-bond acceptors (Lipinski definition) is 7. The molecule has 1 aromatic heterocycles. The van der Waals surface area contributed by atoms with Gasteiger partial charge in [-0.15, -0.1) is 0 Å². The van der Waals surface area contributed by atoms with Crippen LogP contribution in [0.1, 0.15) is 36.4 Å². The summed E-state index contributed by atoms with van der Waals surface area (Å²) < 4.78 is 31.5. The van der Waals surface area contributed by atoms with E-state index in [0.29, 0.717) is 41.0 Å². The van der Waals surface area contributed by atoms with Crippen molar-refractivity contribution in [3.63, 3.8) is 0 Å². The first-order valence-electron chi connectivity index (χ1n) is 9.02. The molecular weight excluding hydrogens is 382 g/mol. The van der Waals surface area contributed by atoms with Crippen LogP contribution in [0.25, 0.3) is 11.1 Å². The molecule has 9 heteroatoms. The summed E-state index contributed by atoms with van der Waals surface area (Å²) in [5.41, 5.74) is 2.72. The Hall–Kier alpha value is -2.68. The van der Waals surface area contributed by atoms with Crippen molar-refractivity contribution >= 4 is 15.5 Å². The minimum atomic E-state index is -3.48. The van der Waals surface area contributed by atoms with Gasteiger partial charge in [0.2, 0.25) is 0 Å². The highest BCUT2D eigenvalue weighted by atomic mass is 32.2. The van der Waals surface area contributed by atoms with Crippen molar-refractivity contribution in [1.29, 1.82) is 0 Å². The standard InChI is InChI=1S/C19H21N3O5S/c1-11-13(14-10-20-22(12-4-5-12)19(23)18(14)26-2)6-7-16(28(3,24)25)17(11)15-8-9-27-21-15/h6-7,10,12H,4-5,8-9H2,1-3H3. The number of nitrogens with zero attached hydrogens (tertiary/aromatic N) is 3. The van der Waals surface area contributed by atoms with Crippen LogP contribution in [0.5, 0.6) is 5.75 Å². The maximum atomic E-state index is 12.8. The van der Waals surface area contributed by atoms with Gasteiger partial charge in [0.1, 0.15) is 6.61 Å². The molecule has 0 saturated heterocycles. The van der Waals surface area contributed by atoms with Crippen LogP contribution in [0.3, 0.4) is 0 Å². The van der Waals surface area contributed by atoms with Gasteiger partial charge in [-0.3, -0.25) is 4.79 Å². The average Bonchev–Trinajstić information content (AvgIpc) is 3.34. The third-order valence-corrected chi connectivity index (χ3v) is 6.20. The molecule has 0 spiro atoms. The zero-order chi connectivity index (χ0) is 20.1. The highest BCUT2D eigenvalue weighted by Gasteiger charge is 2.29. The molecule has 2 heterocycles. The van der Waals surface area contributed by atoms with Crippen LogP contribution in [-0.2, 0) is 14.7 Å². The molecule has 1 aliphatic carbocycles. The molecule has 1 fully saturated rings. The van der Waals surface area contributed by atoms with Gasteiger partial charge in [-0.2, -0.15) is 5.10 Å². The Balaban J connectivity index is 1.96. The maximum Gasteiger partial charge on any atom is 0.309 e. The number of sulfone groups is 1. The quantitative estimate of drug-likeness (QED) is 0.758. The summed E-state index contributed by atoms with van der Waals surface area (Å²) in [4.78, 5) is 18.1. The lowest BCUT2D eigenvalue weighted by atomic mass is 9.94. The van der Waals surface area contributed by atoms with Gasteiger partial charge in [-0.05, 0) is 37.0 Å². The van der Waals surface area contributed by atoms with Crippen molar-refractivity contribution in [2.75, 3.05) is 20.0 Å². The van der Waals surface area contributed by atoms with E-state index in [4.69, 9.17) is 9.57 Å². The van der Waals surface area contributed by atoms with Gasteiger partial charge >= 0.3 is 5.56 Å². The van der Waals surface area contributed by atoms with Gasteiger partial charge in [0.05, 0.1) is 30.0 Å². The van der Waals surface area contributed by atoms with E-state index in [2.05, 4.69) is 10.3 Å². The minimum Gasteiger partial charge on any atom is -0.491 e. The maximum absolute atomic E-state index is 12.8. The first-order valence-corrected chi connectivity index (χ1v) is 10.9. The predicted octanol–water partition coefficient (Wildman–Crippen LogP) is 2.09. The Bertz CT molecular complexity index is 1150. The lowest BCUT2D eigenvalue weighted by Gasteiger charge is -2.17. The molecule has 148 valence electrons. The molecule has 1 aromatic carbocycles. The van der Waals surface area contributed by atoms with Crippen molar-refractivity contribution < 1.29 is 18.0 Å². The summed E-state index contributed by atoms with van der Waals surface area (Å²) in [7, 11) is -2.02.